The number of nitrogens with two attached hydrogens (primary N) is 1. The molecule has 1 heterocycles. The molecule has 0 aromatic heterocycles. The molecule has 1 aliphatic heterocycles. The number of primary amides is 1. The Morgan fingerprint density at radius 1 is 1.25 bits per heavy atom. The van der Waals surface area contributed by atoms with E-state index in [1.165, 1.54) is 6.07 Å². The number of carbonyl (C=O) groups excluding carboxylic acids is 2. The molecule has 1 fully saturated rings. The van der Waals surface area contributed by atoms with Crippen LogP contribution in [-0.4, -0.2) is 58.8 Å². The second-order valence-electron chi connectivity index (χ2n) is 4.79. The molecular formula is C13H17N3O4. The minimum atomic E-state index is -0.833. The summed E-state index contributed by atoms with van der Waals surface area (Å²) >= 11 is 0. The molecule has 7 heteroatoms. The second kappa shape index (κ2) is 6.00. The third kappa shape index (κ3) is 3.32. The Balaban J connectivity index is 1.97. The molecule has 1 aromatic carbocycles. The summed E-state index contributed by atoms with van der Waals surface area (Å²) in [6, 6.07) is 6.46. The van der Waals surface area contributed by atoms with E-state index in [4.69, 9.17) is 5.73 Å². The van der Waals surface area contributed by atoms with Crippen LogP contribution < -0.4 is 11.1 Å². The molecule has 5 N–H and O–H groups in total. The number of β-amino-alcohol motifs (C(OH)–C–C–N with tert-alkyl or cyclic N) is 2. The normalized spacial score (nSPS) is 22.7. The van der Waals surface area contributed by atoms with Crippen LogP contribution >= 0.6 is 0 Å². The zero-order chi connectivity index (χ0) is 14.7. The van der Waals surface area contributed by atoms with E-state index < -0.39 is 18.1 Å². The molecule has 1 aromatic rings. The maximum Gasteiger partial charge on any atom is 0.250 e. The zero-order valence-electron chi connectivity index (χ0n) is 10.8. The highest BCUT2D eigenvalue weighted by molar-refractivity contribution is 6.03. The number of nitrogens with one attached hydrogen (secondary N) is 1. The lowest BCUT2D eigenvalue weighted by atomic mass is 10.1. The molecule has 0 saturated carbocycles. The van der Waals surface area contributed by atoms with Crippen molar-refractivity contribution in [2.75, 3.05) is 25.0 Å². The molecule has 108 valence electrons. The lowest BCUT2D eigenvalue weighted by Crippen LogP contribution is -2.33. The van der Waals surface area contributed by atoms with Gasteiger partial charge in [-0.3, -0.25) is 14.5 Å². The van der Waals surface area contributed by atoms with Crippen molar-refractivity contribution >= 4 is 17.5 Å². The van der Waals surface area contributed by atoms with Crippen molar-refractivity contribution in [2.45, 2.75) is 12.2 Å². The first-order chi connectivity index (χ1) is 9.47. The topological polar surface area (TPSA) is 116 Å². The van der Waals surface area contributed by atoms with Crippen molar-refractivity contribution in [3.8, 4) is 0 Å². The maximum atomic E-state index is 11.9. The molecule has 0 radical (unpaired) electrons. The number of nitrogens with zero attached hydrogens (tertiary/aromatic N) is 1. The van der Waals surface area contributed by atoms with E-state index >= 15 is 0 Å². The molecule has 0 bridgehead atoms. The van der Waals surface area contributed by atoms with E-state index in [9.17, 15) is 19.8 Å². The summed E-state index contributed by atoms with van der Waals surface area (Å²) < 4.78 is 0. The number of hydrogen-bond acceptors (Lipinski definition) is 5. The fourth-order valence-corrected chi connectivity index (χ4v) is 2.18. The van der Waals surface area contributed by atoms with Crippen molar-refractivity contribution in [1.82, 2.24) is 4.90 Å². The van der Waals surface area contributed by atoms with E-state index in [1.54, 1.807) is 23.1 Å². The SMILES string of the molecule is NC(=O)c1ccccc1NC(=O)CN1CC(O)C(O)C1. The van der Waals surface area contributed by atoms with Gasteiger partial charge in [-0.25, -0.2) is 0 Å². The molecule has 20 heavy (non-hydrogen) atoms. The first kappa shape index (κ1) is 14.4. The number of likely N-dealkylation sites (tertiary alicyclic amines) is 1. The van der Waals surface area contributed by atoms with Crippen LogP contribution in [0.2, 0.25) is 0 Å². The number of aliphatic hydroxyl groups excluding tert-OH is 2. The standard InChI is InChI=1S/C13H17N3O4/c14-13(20)8-3-1-2-4-9(8)15-12(19)7-16-5-10(17)11(18)6-16/h1-4,10-11,17-18H,5-7H2,(H2,14,20)(H,15,19). The fraction of sp³-hybridized carbons (Fsp3) is 0.385. The third-order valence-corrected chi connectivity index (χ3v) is 3.17. The van der Waals surface area contributed by atoms with Crippen LogP contribution in [0.3, 0.4) is 0 Å². The lowest BCUT2D eigenvalue weighted by molar-refractivity contribution is -0.117. The van der Waals surface area contributed by atoms with Gasteiger partial charge in [-0.2, -0.15) is 0 Å². The smallest absolute Gasteiger partial charge is 0.250 e. The van der Waals surface area contributed by atoms with Crippen LogP contribution in [0.15, 0.2) is 24.3 Å². The first-order valence-electron chi connectivity index (χ1n) is 6.24. The van der Waals surface area contributed by atoms with Gasteiger partial charge < -0.3 is 21.3 Å². The Bertz CT molecular complexity index is 510. The van der Waals surface area contributed by atoms with E-state index in [0.29, 0.717) is 5.69 Å². The molecule has 2 amide bonds. The molecule has 2 unspecified atom stereocenters. The predicted molar refractivity (Wildman–Crippen MR) is 72.0 cm³/mol. The summed E-state index contributed by atoms with van der Waals surface area (Å²) in [5.74, 6) is -0.951. The first-order valence-corrected chi connectivity index (χ1v) is 6.24. The van der Waals surface area contributed by atoms with Crippen molar-refractivity contribution < 1.29 is 19.8 Å². The van der Waals surface area contributed by atoms with Crippen LogP contribution in [-0.2, 0) is 4.79 Å². The Morgan fingerprint density at radius 3 is 2.45 bits per heavy atom. The quantitative estimate of drug-likeness (QED) is 0.550. The summed E-state index contributed by atoms with van der Waals surface area (Å²) in [6.07, 6.45) is -1.67. The Kier molecular flexibility index (Phi) is 4.33. The number of amides is 2. The molecular weight excluding hydrogens is 262 g/mol. The Labute approximate surface area is 116 Å². The monoisotopic (exact) mass is 279 g/mol. The van der Waals surface area contributed by atoms with Crippen LogP contribution in [0.5, 0.6) is 0 Å². The van der Waals surface area contributed by atoms with Crippen molar-refractivity contribution in [2.24, 2.45) is 5.73 Å². The summed E-state index contributed by atoms with van der Waals surface area (Å²) in [6.45, 7) is 0.513. The maximum absolute atomic E-state index is 11.9. The van der Waals surface area contributed by atoms with Crippen molar-refractivity contribution in [1.29, 1.82) is 0 Å². The number of hydrogen-bond donors (Lipinski definition) is 4. The average Bonchev–Trinajstić information content (AvgIpc) is 2.68. The van der Waals surface area contributed by atoms with Crippen LogP contribution in [0.25, 0.3) is 0 Å². The summed E-state index contributed by atoms with van der Waals surface area (Å²) in [4.78, 5) is 24.8. The number of carbonyl (C=O) groups is 2. The Morgan fingerprint density at radius 2 is 1.85 bits per heavy atom. The predicted octanol–water partition coefficient (Wildman–Crippen LogP) is -1.24. The van der Waals surface area contributed by atoms with E-state index in [1.807, 2.05) is 0 Å². The summed E-state index contributed by atoms with van der Waals surface area (Å²) in [5.41, 5.74) is 5.81. The summed E-state index contributed by atoms with van der Waals surface area (Å²) in [7, 11) is 0. The van der Waals surface area contributed by atoms with Gasteiger partial charge in [-0.05, 0) is 12.1 Å². The lowest BCUT2D eigenvalue weighted by Gasteiger charge is -2.15. The van der Waals surface area contributed by atoms with Crippen LogP contribution in [0.1, 0.15) is 10.4 Å². The van der Waals surface area contributed by atoms with Gasteiger partial charge in [-0.15, -0.1) is 0 Å². The van der Waals surface area contributed by atoms with Gasteiger partial charge in [0.25, 0.3) is 5.91 Å². The molecule has 0 aliphatic carbocycles. The highest BCUT2D eigenvalue weighted by Gasteiger charge is 2.30. The minimum Gasteiger partial charge on any atom is -0.389 e. The molecule has 7 nitrogen and oxygen atoms in total. The van der Waals surface area contributed by atoms with Gasteiger partial charge in [0.15, 0.2) is 0 Å². The Hall–Kier alpha value is -1.96. The van der Waals surface area contributed by atoms with Crippen molar-refractivity contribution in [3.05, 3.63) is 29.8 Å². The number of benzene rings is 1. The van der Waals surface area contributed by atoms with Gasteiger partial charge in [0.1, 0.15) is 0 Å². The fourth-order valence-electron chi connectivity index (χ4n) is 2.18. The second-order valence-corrected chi connectivity index (χ2v) is 4.79. The highest BCUT2D eigenvalue weighted by Crippen LogP contribution is 2.15. The van der Waals surface area contributed by atoms with E-state index in [2.05, 4.69) is 5.32 Å². The number of aliphatic hydroxyl groups is 2. The average molecular weight is 279 g/mol. The van der Waals surface area contributed by atoms with E-state index in [-0.39, 0.29) is 31.1 Å². The van der Waals surface area contributed by atoms with Crippen molar-refractivity contribution in [3.63, 3.8) is 0 Å². The number of para-hydroxylation sites is 1. The molecule has 0 spiro atoms. The van der Waals surface area contributed by atoms with E-state index in [0.717, 1.165) is 0 Å². The summed E-state index contributed by atoms with van der Waals surface area (Å²) in [5, 5.41) is 21.4. The van der Waals surface area contributed by atoms with Gasteiger partial charge in [0.2, 0.25) is 5.91 Å². The number of anilines is 1. The minimum absolute atomic E-state index is 0.0290. The molecule has 1 saturated heterocycles. The highest BCUT2D eigenvalue weighted by atomic mass is 16.3. The van der Waals surface area contributed by atoms with Crippen LogP contribution in [0.4, 0.5) is 5.69 Å². The zero-order valence-corrected chi connectivity index (χ0v) is 10.8. The van der Waals surface area contributed by atoms with Crippen LogP contribution in [0, 0.1) is 0 Å². The largest absolute Gasteiger partial charge is 0.389 e. The third-order valence-electron chi connectivity index (χ3n) is 3.17. The molecule has 2 atom stereocenters. The van der Waals surface area contributed by atoms with Gasteiger partial charge >= 0.3 is 0 Å². The number of rotatable bonds is 4. The molecule has 1 aliphatic rings. The van der Waals surface area contributed by atoms with Gasteiger partial charge in [-0.1, -0.05) is 12.1 Å². The van der Waals surface area contributed by atoms with Gasteiger partial charge in [0.05, 0.1) is 30.0 Å². The van der Waals surface area contributed by atoms with Gasteiger partial charge in [0, 0.05) is 13.1 Å². The molecule has 2 rings (SSSR count).